The smallest absolute Gasteiger partial charge is 0.411 e. The molecule has 0 aliphatic heterocycles. The first-order valence-corrected chi connectivity index (χ1v) is 2.97. The number of hydrogen-bond donors (Lipinski definition) is 4. The highest BCUT2D eigenvalue weighted by Gasteiger charge is 2.13. The van der Waals surface area contributed by atoms with E-state index in [0.717, 1.165) is 0 Å². The first kappa shape index (κ1) is 10.9. The molecule has 8 heteroatoms. The molecule has 0 rings (SSSR count). The van der Waals surface area contributed by atoms with E-state index in [1.807, 2.05) is 0 Å². The maximum atomic E-state index is 10.5. The van der Waals surface area contributed by atoms with Crippen molar-refractivity contribution >= 4 is 24.0 Å². The molecule has 0 radical (unpaired) electrons. The SMILES string of the molecule is O=C(O)NC(=O)CC(=O)NC(=O)O. The van der Waals surface area contributed by atoms with Gasteiger partial charge in [-0.05, 0) is 0 Å². The molecule has 0 saturated carbocycles. The van der Waals surface area contributed by atoms with Crippen LogP contribution in [0.4, 0.5) is 9.59 Å². The molecule has 4 N–H and O–H groups in total. The average molecular weight is 190 g/mol. The molecule has 0 aromatic heterocycles. The third kappa shape index (κ3) is 6.28. The Morgan fingerprint density at radius 3 is 1.38 bits per heavy atom. The highest BCUT2D eigenvalue weighted by Crippen LogP contribution is 1.80. The summed E-state index contributed by atoms with van der Waals surface area (Å²) in [6.45, 7) is 0. The van der Waals surface area contributed by atoms with Gasteiger partial charge in [0.25, 0.3) is 0 Å². The van der Waals surface area contributed by atoms with Gasteiger partial charge in [-0.3, -0.25) is 20.2 Å². The van der Waals surface area contributed by atoms with E-state index in [-0.39, 0.29) is 0 Å². The highest BCUT2D eigenvalue weighted by molar-refractivity contribution is 6.05. The molecule has 4 amide bonds. The topological polar surface area (TPSA) is 133 Å². The molecule has 72 valence electrons. The van der Waals surface area contributed by atoms with Crippen LogP contribution in [0.15, 0.2) is 0 Å². The summed E-state index contributed by atoms with van der Waals surface area (Å²) in [6.07, 6.45) is -4.06. The van der Waals surface area contributed by atoms with Crippen molar-refractivity contribution in [2.24, 2.45) is 0 Å². The van der Waals surface area contributed by atoms with Crippen LogP contribution in [0, 0.1) is 0 Å². The first-order valence-electron chi connectivity index (χ1n) is 2.97. The van der Waals surface area contributed by atoms with Crippen molar-refractivity contribution in [3.63, 3.8) is 0 Å². The molecule has 8 nitrogen and oxygen atoms in total. The summed E-state index contributed by atoms with van der Waals surface area (Å²) >= 11 is 0. The van der Waals surface area contributed by atoms with Crippen LogP contribution < -0.4 is 10.6 Å². The minimum Gasteiger partial charge on any atom is -0.465 e. The molecule has 0 aromatic rings. The van der Waals surface area contributed by atoms with E-state index in [1.165, 1.54) is 10.6 Å². The Morgan fingerprint density at radius 1 is 0.846 bits per heavy atom. The predicted octanol–water partition coefficient (Wildman–Crippen LogP) is -1.04. The van der Waals surface area contributed by atoms with Crippen molar-refractivity contribution in [2.75, 3.05) is 0 Å². The third-order valence-electron chi connectivity index (χ3n) is 0.814. The van der Waals surface area contributed by atoms with Crippen LogP contribution in [-0.4, -0.2) is 34.2 Å². The molecular formula is C5H6N2O6. The Labute approximate surface area is 71.5 Å². The second-order valence-corrected chi connectivity index (χ2v) is 1.88. The summed E-state index contributed by atoms with van der Waals surface area (Å²) in [5.74, 6) is -2.18. The maximum Gasteiger partial charge on any atom is 0.411 e. The fraction of sp³-hybridized carbons (Fsp3) is 0.200. The van der Waals surface area contributed by atoms with Gasteiger partial charge in [0.15, 0.2) is 0 Å². The summed E-state index contributed by atoms with van der Waals surface area (Å²) in [5.41, 5.74) is 0. The van der Waals surface area contributed by atoms with Gasteiger partial charge in [-0.15, -0.1) is 0 Å². The van der Waals surface area contributed by atoms with Crippen molar-refractivity contribution in [2.45, 2.75) is 6.42 Å². The standard InChI is InChI=1S/C5H6N2O6/c8-2(6-4(10)11)1-3(9)7-5(12)13/h1H2,(H,6,8)(H,7,9)(H,10,11)(H,12,13). The lowest BCUT2D eigenvalue weighted by Gasteiger charge is -1.98. The Bertz CT molecular complexity index is 234. The number of carbonyl (C=O) groups excluding carboxylic acids is 2. The zero-order valence-electron chi connectivity index (χ0n) is 6.23. The first-order chi connectivity index (χ1) is 5.91. The van der Waals surface area contributed by atoms with Gasteiger partial charge in [0.05, 0.1) is 0 Å². The van der Waals surface area contributed by atoms with Gasteiger partial charge < -0.3 is 10.2 Å². The minimum absolute atomic E-state index is 0.849. The van der Waals surface area contributed by atoms with Crippen LogP contribution in [0.1, 0.15) is 6.42 Å². The molecule has 0 fully saturated rings. The summed E-state index contributed by atoms with van der Waals surface area (Å²) in [6, 6.07) is 0. The Hall–Kier alpha value is -2.12. The van der Waals surface area contributed by atoms with Gasteiger partial charge in [-0.1, -0.05) is 0 Å². The Kier molecular flexibility index (Phi) is 3.93. The fourth-order valence-corrected chi connectivity index (χ4v) is 0.473. The van der Waals surface area contributed by atoms with Gasteiger partial charge in [0.2, 0.25) is 11.8 Å². The number of carboxylic acid groups (broad SMARTS) is 2. The van der Waals surface area contributed by atoms with Crippen LogP contribution in [0.25, 0.3) is 0 Å². The largest absolute Gasteiger partial charge is 0.465 e. The second-order valence-electron chi connectivity index (χ2n) is 1.88. The van der Waals surface area contributed by atoms with Crippen LogP contribution >= 0.6 is 0 Å². The Morgan fingerprint density at radius 2 is 1.15 bits per heavy atom. The Balaban J connectivity index is 3.85. The maximum absolute atomic E-state index is 10.5. The third-order valence-corrected chi connectivity index (χ3v) is 0.814. The van der Waals surface area contributed by atoms with Gasteiger partial charge in [0.1, 0.15) is 6.42 Å². The number of carbonyl (C=O) groups is 4. The number of nitrogens with one attached hydrogen (secondary N) is 2. The van der Waals surface area contributed by atoms with E-state index in [1.54, 1.807) is 0 Å². The van der Waals surface area contributed by atoms with Gasteiger partial charge in [0, 0.05) is 0 Å². The minimum atomic E-state index is -1.60. The predicted molar refractivity (Wildman–Crippen MR) is 37.0 cm³/mol. The quantitative estimate of drug-likeness (QED) is 0.411. The molecule has 0 aromatic carbocycles. The molecule has 13 heavy (non-hydrogen) atoms. The molecule has 0 saturated heterocycles. The van der Waals surface area contributed by atoms with Crippen molar-refractivity contribution < 1.29 is 29.4 Å². The van der Waals surface area contributed by atoms with Crippen LogP contribution in [-0.2, 0) is 9.59 Å². The summed E-state index contributed by atoms with van der Waals surface area (Å²) in [7, 11) is 0. The highest BCUT2D eigenvalue weighted by atomic mass is 16.4. The van der Waals surface area contributed by atoms with E-state index < -0.39 is 30.4 Å². The van der Waals surface area contributed by atoms with Crippen molar-refractivity contribution in [1.82, 2.24) is 10.6 Å². The average Bonchev–Trinajstić information content (AvgIpc) is 1.80. The number of imide groups is 2. The normalized spacial score (nSPS) is 8.62. The van der Waals surface area contributed by atoms with E-state index in [0.29, 0.717) is 0 Å². The van der Waals surface area contributed by atoms with Crippen LogP contribution in [0.3, 0.4) is 0 Å². The molecule has 0 spiro atoms. The molecule has 0 unspecified atom stereocenters. The molecule has 0 heterocycles. The van der Waals surface area contributed by atoms with Gasteiger partial charge in [-0.2, -0.15) is 0 Å². The lowest BCUT2D eigenvalue weighted by Crippen LogP contribution is -2.36. The number of amides is 4. The molecule has 0 aliphatic carbocycles. The lowest BCUT2D eigenvalue weighted by molar-refractivity contribution is -0.128. The van der Waals surface area contributed by atoms with E-state index in [2.05, 4.69) is 0 Å². The number of hydrogen-bond acceptors (Lipinski definition) is 4. The van der Waals surface area contributed by atoms with Crippen molar-refractivity contribution in [3.8, 4) is 0 Å². The van der Waals surface area contributed by atoms with Crippen LogP contribution in [0.2, 0.25) is 0 Å². The summed E-state index contributed by atoms with van der Waals surface area (Å²) in [5, 5.41) is 18.7. The van der Waals surface area contributed by atoms with Crippen molar-refractivity contribution in [1.29, 1.82) is 0 Å². The monoisotopic (exact) mass is 190 g/mol. The molecular weight excluding hydrogens is 184 g/mol. The summed E-state index contributed by atoms with van der Waals surface area (Å²) in [4.78, 5) is 40.7. The van der Waals surface area contributed by atoms with E-state index >= 15 is 0 Å². The number of rotatable bonds is 2. The van der Waals surface area contributed by atoms with E-state index in [9.17, 15) is 19.2 Å². The molecule has 0 bridgehead atoms. The lowest BCUT2D eigenvalue weighted by atomic mass is 10.4. The molecule has 0 atom stereocenters. The molecule has 0 aliphatic rings. The van der Waals surface area contributed by atoms with Gasteiger partial charge in [-0.25, -0.2) is 9.59 Å². The van der Waals surface area contributed by atoms with Crippen LogP contribution in [0.5, 0.6) is 0 Å². The van der Waals surface area contributed by atoms with Gasteiger partial charge >= 0.3 is 12.2 Å². The summed E-state index contributed by atoms with van der Waals surface area (Å²) < 4.78 is 0. The second kappa shape index (κ2) is 4.70. The van der Waals surface area contributed by atoms with E-state index in [4.69, 9.17) is 10.2 Å². The zero-order valence-corrected chi connectivity index (χ0v) is 6.23. The zero-order chi connectivity index (χ0) is 10.4. The van der Waals surface area contributed by atoms with Crippen molar-refractivity contribution in [3.05, 3.63) is 0 Å². The fourth-order valence-electron chi connectivity index (χ4n) is 0.473.